The molecule has 4 heteroatoms. The van der Waals surface area contributed by atoms with Crippen molar-refractivity contribution in [3.63, 3.8) is 0 Å². The van der Waals surface area contributed by atoms with E-state index in [1.54, 1.807) is 0 Å². The van der Waals surface area contributed by atoms with E-state index < -0.39 is 0 Å². The fourth-order valence-corrected chi connectivity index (χ4v) is 1.66. The molecule has 2 N–H and O–H groups in total. The van der Waals surface area contributed by atoms with Crippen molar-refractivity contribution in [2.24, 2.45) is 11.7 Å². The maximum absolute atomic E-state index is 11.3. The van der Waals surface area contributed by atoms with E-state index in [1.807, 2.05) is 0 Å². The molecule has 0 amide bonds. The van der Waals surface area contributed by atoms with Crippen LogP contribution in [0.1, 0.15) is 25.7 Å². The summed E-state index contributed by atoms with van der Waals surface area (Å²) in [5.41, 5.74) is 5.89. The van der Waals surface area contributed by atoms with Crippen LogP contribution in [0.25, 0.3) is 0 Å². The molecule has 0 radical (unpaired) electrons. The van der Waals surface area contributed by atoms with Crippen LogP contribution < -0.4 is 5.73 Å². The van der Waals surface area contributed by atoms with Crippen molar-refractivity contribution < 1.29 is 9.53 Å². The molecule has 1 aliphatic carbocycles. The Balaban J connectivity index is 0.00000169. The Morgan fingerprint density at radius 1 is 1.36 bits per heavy atom. The fourth-order valence-electron chi connectivity index (χ4n) is 1.66. The number of ether oxygens (including phenoxy) is 1. The summed E-state index contributed by atoms with van der Waals surface area (Å²) in [5, 5.41) is 0. The van der Waals surface area contributed by atoms with Gasteiger partial charge in [0.25, 0.3) is 0 Å². The number of carbonyl (C=O) groups excluding carboxylic acids is 1. The van der Waals surface area contributed by atoms with Gasteiger partial charge in [0.15, 0.2) is 0 Å². The lowest BCUT2D eigenvalue weighted by molar-refractivity contribution is -0.146. The molecule has 0 bridgehead atoms. The van der Waals surface area contributed by atoms with Crippen LogP contribution in [0.2, 0.25) is 0 Å². The third-order valence-electron chi connectivity index (χ3n) is 2.50. The lowest BCUT2D eigenvalue weighted by Crippen LogP contribution is -2.36. The lowest BCUT2D eigenvalue weighted by atomic mass is 9.90. The number of hydrogen-bond acceptors (Lipinski definition) is 3. The van der Waals surface area contributed by atoms with E-state index in [1.165, 1.54) is 7.11 Å². The van der Waals surface area contributed by atoms with Crippen molar-refractivity contribution in [1.29, 1.82) is 0 Å². The van der Waals surface area contributed by atoms with Gasteiger partial charge in [-0.05, 0) is 25.7 Å². The number of nitrogens with two attached hydrogens (primary N) is 1. The molecule has 0 aromatic rings. The first-order chi connectivity index (χ1) is 6.25. The van der Waals surface area contributed by atoms with Gasteiger partial charge in [0.1, 0.15) is 0 Å². The molecular formula is C10H18ClNO2. The highest BCUT2D eigenvalue weighted by molar-refractivity contribution is 5.85. The second-order valence-electron chi connectivity index (χ2n) is 3.42. The molecule has 0 fully saturated rings. The molecule has 3 nitrogen and oxygen atoms in total. The molecule has 82 valence electrons. The van der Waals surface area contributed by atoms with E-state index in [4.69, 9.17) is 10.5 Å². The average molecular weight is 220 g/mol. The van der Waals surface area contributed by atoms with Gasteiger partial charge in [0.05, 0.1) is 13.0 Å². The first-order valence-electron chi connectivity index (χ1n) is 4.74. The molecule has 2 atom stereocenters. The Hall–Kier alpha value is -0.540. The quantitative estimate of drug-likeness (QED) is 0.539. The highest BCUT2D eigenvalue weighted by Gasteiger charge is 2.25. The van der Waals surface area contributed by atoms with Crippen LogP contribution in [0.4, 0.5) is 0 Å². The standard InChI is InChI=1S/C10H17NO2.ClH/c1-13-10(12)8-6-4-2-3-5-7-9(8)11;/h2-3,8-9H,4-7,11H2,1H3;1H/t8-,9+;/m1./s1. The first-order valence-corrected chi connectivity index (χ1v) is 4.74. The largest absolute Gasteiger partial charge is 0.469 e. The molecule has 14 heavy (non-hydrogen) atoms. The van der Waals surface area contributed by atoms with Gasteiger partial charge >= 0.3 is 5.97 Å². The Morgan fingerprint density at radius 2 is 1.93 bits per heavy atom. The van der Waals surface area contributed by atoms with Gasteiger partial charge in [0.2, 0.25) is 0 Å². The lowest BCUT2D eigenvalue weighted by Gasteiger charge is -2.21. The second-order valence-corrected chi connectivity index (χ2v) is 3.42. The number of hydrogen-bond donors (Lipinski definition) is 1. The minimum atomic E-state index is -0.164. The highest BCUT2D eigenvalue weighted by atomic mass is 35.5. The molecule has 1 aliphatic rings. The molecule has 0 heterocycles. The monoisotopic (exact) mass is 219 g/mol. The predicted molar refractivity (Wildman–Crippen MR) is 58.3 cm³/mol. The van der Waals surface area contributed by atoms with Gasteiger partial charge in [-0.2, -0.15) is 0 Å². The summed E-state index contributed by atoms with van der Waals surface area (Å²) >= 11 is 0. The highest BCUT2D eigenvalue weighted by Crippen LogP contribution is 2.18. The smallest absolute Gasteiger partial charge is 0.310 e. The van der Waals surface area contributed by atoms with E-state index in [2.05, 4.69) is 12.2 Å². The summed E-state index contributed by atoms with van der Waals surface area (Å²) in [4.78, 5) is 11.3. The summed E-state index contributed by atoms with van der Waals surface area (Å²) in [7, 11) is 1.42. The zero-order valence-corrected chi connectivity index (χ0v) is 9.26. The van der Waals surface area contributed by atoms with Crippen LogP contribution in [0.3, 0.4) is 0 Å². The molecule has 0 saturated heterocycles. The maximum atomic E-state index is 11.3. The summed E-state index contributed by atoms with van der Waals surface area (Å²) in [6.07, 6.45) is 7.82. The molecule has 1 rings (SSSR count). The van der Waals surface area contributed by atoms with Gasteiger partial charge in [0, 0.05) is 6.04 Å². The average Bonchev–Trinajstić information content (AvgIpc) is 2.11. The number of methoxy groups -OCH3 is 1. The Bertz CT molecular complexity index is 206. The zero-order chi connectivity index (χ0) is 9.68. The topological polar surface area (TPSA) is 52.3 Å². The van der Waals surface area contributed by atoms with Gasteiger partial charge in [-0.25, -0.2) is 0 Å². The van der Waals surface area contributed by atoms with E-state index in [-0.39, 0.29) is 30.3 Å². The zero-order valence-electron chi connectivity index (χ0n) is 8.44. The van der Waals surface area contributed by atoms with Crippen molar-refractivity contribution in [3.05, 3.63) is 12.2 Å². The van der Waals surface area contributed by atoms with Crippen molar-refractivity contribution in [1.82, 2.24) is 0 Å². The van der Waals surface area contributed by atoms with Crippen molar-refractivity contribution in [3.8, 4) is 0 Å². The van der Waals surface area contributed by atoms with Crippen LogP contribution in [0.5, 0.6) is 0 Å². The molecule has 0 aromatic carbocycles. The van der Waals surface area contributed by atoms with Crippen LogP contribution in [0.15, 0.2) is 12.2 Å². The third kappa shape index (κ3) is 3.68. The van der Waals surface area contributed by atoms with Gasteiger partial charge in [-0.3, -0.25) is 4.79 Å². The molecule has 0 aromatic heterocycles. The summed E-state index contributed by atoms with van der Waals surface area (Å²) in [5.74, 6) is -0.280. The van der Waals surface area contributed by atoms with Crippen LogP contribution >= 0.6 is 12.4 Å². The van der Waals surface area contributed by atoms with Crippen molar-refractivity contribution >= 4 is 18.4 Å². The maximum Gasteiger partial charge on any atom is 0.310 e. The van der Waals surface area contributed by atoms with Crippen LogP contribution in [-0.4, -0.2) is 19.1 Å². The molecular weight excluding hydrogens is 202 g/mol. The number of esters is 1. The summed E-state index contributed by atoms with van der Waals surface area (Å²) in [6, 6.07) is -0.0441. The van der Waals surface area contributed by atoms with Crippen molar-refractivity contribution in [2.75, 3.05) is 7.11 Å². The van der Waals surface area contributed by atoms with E-state index in [9.17, 15) is 4.79 Å². The van der Waals surface area contributed by atoms with Gasteiger partial charge in [-0.15, -0.1) is 12.4 Å². The Morgan fingerprint density at radius 3 is 2.50 bits per heavy atom. The summed E-state index contributed by atoms with van der Waals surface area (Å²) in [6.45, 7) is 0. The first kappa shape index (κ1) is 13.5. The summed E-state index contributed by atoms with van der Waals surface area (Å²) < 4.78 is 4.71. The minimum Gasteiger partial charge on any atom is -0.469 e. The molecule has 0 saturated carbocycles. The second kappa shape index (κ2) is 6.85. The molecule has 0 aliphatic heterocycles. The van der Waals surface area contributed by atoms with Gasteiger partial charge < -0.3 is 10.5 Å². The van der Waals surface area contributed by atoms with E-state index in [0.29, 0.717) is 0 Å². The molecule has 0 unspecified atom stereocenters. The molecule has 0 spiro atoms. The number of halogens is 1. The van der Waals surface area contributed by atoms with Crippen molar-refractivity contribution in [2.45, 2.75) is 31.7 Å². The Kier molecular flexibility index (Phi) is 6.58. The minimum absolute atomic E-state index is 0. The predicted octanol–water partition coefficient (Wildman–Crippen LogP) is 1.65. The van der Waals surface area contributed by atoms with Crippen LogP contribution in [-0.2, 0) is 9.53 Å². The number of rotatable bonds is 1. The third-order valence-corrected chi connectivity index (χ3v) is 2.50. The fraction of sp³-hybridized carbons (Fsp3) is 0.700. The number of allylic oxidation sites excluding steroid dienone is 2. The van der Waals surface area contributed by atoms with Gasteiger partial charge in [-0.1, -0.05) is 12.2 Å². The SMILES string of the molecule is COC(=O)[C@@H]1CCC=CCC[C@@H]1N.Cl. The number of carbonyl (C=O) groups is 1. The van der Waals surface area contributed by atoms with E-state index >= 15 is 0 Å². The normalized spacial score (nSPS) is 27.0. The van der Waals surface area contributed by atoms with Crippen LogP contribution in [0, 0.1) is 5.92 Å². The van der Waals surface area contributed by atoms with E-state index in [0.717, 1.165) is 25.7 Å². The Labute approximate surface area is 91.1 Å².